The molecule has 1 amide bonds. The predicted octanol–water partition coefficient (Wildman–Crippen LogP) is 2.58. The van der Waals surface area contributed by atoms with Gasteiger partial charge in [0.1, 0.15) is 0 Å². The number of piperidine rings is 1. The molecule has 1 aromatic heterocycles. The molecule has 4 rings (SSSR count). The van der Waals surface area contributed by atoms with Crippen molar-refractivity contribution in [3.63, 3.8) is 0 Å². The Morgan fingerprint density at radius 2 is 2.07 bits per heavy atom. The van der Waals surface area contributed by atoms with Crippen molar-refractivity contribution >= 4 is 17.3 Å². The summed E-state index contributed by atoms with van der Waals surface area (Å²) < 4.78 is 1.93. The van der Waals surface area contributed by atoms with Crippen LogP contribution in [0.5, 0.6) is 0 Å². The summed E-state index contributed by atoms with van der Waals surface area (Å²) in [5.41, 5.74) is 9.76. The Hall–Kier alpha value is -2.76. The number of carbonyl (C=O) groups is 1. The fourth-order valence-electron chi connectivity index (χ4n) is 4.49. The van der Waals surface area contributed by atoms with E-state index in [1.807, 2.05) is 36.6 Å². The van der Waals surface area contributed by atoms with E-state index >= 15 is 0 Å². The number of pyridine rings is 1. The Labute approximate surface area is 165 Å². The van der Waals surface area contributed by atoms with E-state index in [1.165, 1.54) is 0 Å². The van der Waals surface area contributed by atoms with E-state index in [4.69, 9.17) is 5.73 Å². The Morgan fingerprint density at radius 3 is 2.82 bits per heavy atom. The van der Waals surface area contributed by atoms with Crippen LogP contribution in [0.3, 0.4) is 0 Å². The van der Waals surface area contributed by atoms with Gasteiger partial charge in [-0.25, -0.2) is 0 Å². The monoisotopic (exact) mass is 380 g/mol. The van der Waals surface area contributed by atoms with Crippen molar-refractivity contribution in [1.29, 1.82) is 0 Å². The summed E-state index contributed by atoms with van der Waals surface area (Å²) in [5.74, 6) is 0.671. The molecular weight excluding hydrogens is 352 g/mol. The lowest BCUT2D eigenvalue weighted by Gasteiger charge is -2.44. The van der Waals surface area contributed by atoms with Gasteiger partial charge in [-0.05, 0) is 49.9 Å². The molecule has 148 valence electrons. The number of nitrogens with two attached hydrogens (primary N) is 1. The molecule has 3 N–H and O–H groups in total. The highest BCUT2D eigenvalue weighted by Crippen LogP contribution is 2.38. The molecule has 0 spiro atoms. The highest BCUT2D eigenvalue weighted by Gasteiger charge is 2.35. The predicted molar refractivity (Wildman–Crippen MR) is 112 cm³/mol. The van der Waals surface area contributed by atoms with Crippen LogP contribution in [0.15, 0.2) is 41.2 Å². The van der Waals surface area contributed by atoms with Gasteiger partial charge < -0.3 is 20.5 Å². The quantitative estimate of drug-likeness (QED) is 0.799. The molecule has 2 bridgehead atoms. The van der Waals surface area contributed by atoms with E-state index < -0.39 is 0 Å². The lowest BCUT2D eigenvalue weighted by Crippen LogP contribution is -2.47. The number of rotatable bonds is 4. The molecule has 3 heterocycles. The second-order valence-electron chi connectivity index (χ2n) is 8.16. The first-order valence-corrected chi connectivity index (χ1v) is 10.1. The number of aromatic nitrogens is 1. The molecule has 6 nitrogen and oxygen atoms in total. The van der Waals surface area contributed by atoms with Crippen molar-refractivity contribution < 1.29 is 4.79 Å². The van der Waals surface area contributed by atoms with Gasteiger partial charge in [-0.1, -0.05) is 13.0 Å². The minimum absolute atomic E-state index is 0.0867. The second kappa shape index (κ2) is 7.34. The van der Waals surface area contributed by atoms with Crippen LogP contribution in [-0.2, 0) is 6.54 Å². The molecule has 1 aromatic carbocycles. The Kier molecular flexibility index (Phi) is 4.87. The maximum absolute atomic E-state index is 12.4. The van der Waals surface area contributed by atoms with Crippen molar-refractivity contribution in [2.45, 2.75) is 45.2 Å². The maximum Gasteiger partial charge on any atom is 0.251 e. The Balaban J connectivity index is 1.56. The maximum atomic E-state index is 12.4. The lowest BCUT2D eigenvalue weighted by atomic mass is 9.83. The minimum Gasteiger partial charge on any atom is -0.397 e. The molecule has 2 aliphatic heterocycles. The summed E-state index contributed by atoms with van der Waals surface area (Å²) in [6.45, 7) is 6.51. The summed E-state index contributed by atoms with van der Waals surface area (Å²) in [7, 11) is 0. The van der Waals surface area contributed by atoms with E-state index in [9.17, 15) is 9.59 Å². The SMILES string of the molecule is CCC(C)NC(=O)c1ccc(N2CC3CC(C2)c2cccc(=O)n2C3)c(N)c1. The third kappa shape index (κ3) is 3.39. The van der Waals surface area contributed by atoms with Gasteiger partial charge in [0.15, 0.2) is 0 Å². The zero-order chi connectivity index (χ0) is 19.8. The van der Waals surface area contributed by atoms with Crippen molar-refractivity contribution in [3.8, 4) is 0 Å². The highest BCUT2D eigenvalue weighted by molar-refractivity contribution is 5.96. The van der Waals surface area contributed by atoms with Gasteiger partial charge >= 0.3 is 0 Å². The summed E-state index contributed by atoms with van der Waals surface area (Å²) in [4.78, 5) is 26.9. The second-order valence-corrected chi connectivity index (χ2v) is 8.16. The molecule has 6 heteroatoms. The van der Waals surface area contributed by atoms with Gasteiger partial charge in [0.2, 0.25) is 0 Å². The third-order valence-electron chi connectivity index (χ3n) is 6.10. The average Bonchev–Trinajstić information content (AvgIpc) is 2.68. The number of fused-ring (bicyclic) bond motifs is 4. The number of hydrogen-bond acceptors (Lipinski definition) is 4. The first kappa shape index (κ1) is 18.6. The van der Waals surface area contributed by atoms with E-state index in [2.05, 4.69) is 16.3 Å². The Bertz CT molecular complexity index is 952. The fourth-order valence-corrected chi connectivity index (χ4v) is 4.49. The summed E-state index contributed by atoms with van der Waals surface area (Å²) in [6, 6.07) is 11.3. The van der Waals surface area contributed by atoms with Gasteiger partial charge in [-0.15, -0.1) is 0 Å². The van der Waals surface area contributed by atoms with Crippen LogP contribution in [-0.4, -0.2) is 29.6 Å². The van der Waals surface area contributed by atoms with Gasteiger partial charge in [0, 0.05) is 48.9 Å². The summed E-state index contributed by atoms with van der Waals surface area (Å²) in [6.07, 6.45) is 2.00. The number of amides is 1. The van der Waals surface area contributed by atoms with Gasteiger partial charge in [0.05, 0.1) is 11.4 Å². The molecule has 1 fully saturated rings. The molecule has 0 saturated carbocycles. The van der Waals surface area contributed by atoms with Crippen LogP contribution in [0.25, 0.3) is 0 Å². The molecule has 3 unspecified atom stereocenters. The third-order valence-corrected chi connectivity index (χ3v) is 6.10. The molecular formula is C22H28N4O2. The van der Waals surface area contributed by atoms with E-state index in [0.29, 0.717) is 23.1 Å². The number of nitrogens with one attached hydrogen (secondary N) is 1. The van der Waals surface area contributed by atoms with Crippen LogP contribution in [0.4, 0.5) is 11.4 Å². The molecule has 1 saturated heterocycles. The number of anilines is 2. The number of carbonyl (C=O) groups excluding carboxylic acids is 1. The van der Waals surface area contributed by atoms with Crippen LogP contribution in [0, 0.1) is 5.92 Å². The highest BCUT2D eigenvalue weighted by atomic mass is 16.1. The lowest BCUT2D eigenvalue weighted by molar-refractivity contribution is 0.0939. The van der Waals surface area contributed by atoms with Crippen molar-refractivity contribution in [1.82, 2.24) is 9.88 Å². The zero-order valence-corrected chi connectivity index (χ0v) is 16.5. The number of benzene rings is 1. The van der Waals surface area contributed by atoms with Crippen LogP contribution < -0.4 is 21.5 Å². The first-order valence-electron chi connectivity index (χ1n) is 10.1. The minimum atomic E-state index is -0.0867. The molecule has 0 radical (unpaired) electrons. The van der Waals surface area contributed by atoms with Crippen molar-refractivity contribution in [2.24, 2.45) is 5.92 Å². The van der Waals surface area contributed by atoms with E-state index in [0.717, 1.165) is 43.9 Å². The van der Waals surface area contributed by atoms with Crippen LogP contribution >= 0.6 is 0 Å². The van der Waals surface area contributed by atoms with Crippen molar-refractivity contribution in [3.05, 3.63) is 58.0 Å². The normalized spacial score (nSPS) is 21.7. The van der Waals surface area contributed by atoms with Crippen LogP contribution in [0.1, 0.15) is 48.7 Å². The number of hydrogen-bond donors (Lipinski definition) is 2. The summed E-state index contributed by atoms with van der Waals surface area (Å²) in [5, 5.41) is 2.98. The topological polar surface area (TPSA) is 80.4 Å². The molecule has 2 aromatic rings. The van der Waals surface area contributed by atoms with Gasteiger partial charge in [-0.2, -0.15) is 0 Å². The zero-order valence-electron chi connectivity index (χ0n) is 16.5. The van der Waals surface area contributed by atoms with E-state index in [-0.39, 0.29) is 17.5 Å². The largest absolute Gasteiger partial charge is 0.397 e. The summed E-state index contributed by atoms with van der Waals surface area (Å²) >= 11 is 0. The van der Waals surface area contributed by atoms with Gasteiger partial charge in [0.25, 0.3) is 11.5 Å². The number of nitrogen functional groups attached to an aromatic ring is 1. The smallest absolute Gasteiger partial charge is 0.251 e. The van der Waals surface area contributed by atoms with Crippen molar-refractivity contribution in [2.75, 3.05) is 23.7 Å². The molecule has 2 aliphatic rings. The van der Waals surface area contributed by atoms with Crippen LogP contribution in [0.2, 0.25) is 0 Å². The molecule has 3 atom stereocenters. The standard InChI is InChI=1S/C22H28N4O2/c1-3-14(2)24-22(28)16-7-8-20(18(23)10-16)25-11-15-9-17(13-25)19-5-4-6-21(27)26(19)12-15/h4-8,10,14-15,17H,3,9,11-13,23H2,1-2H3,(H,24,28). The average molecular weight is 380 g/mol. The molecule has 28 heavy (non-hydrogen) atoms. The number of nitrogens with zero attached hydrogens (tertiary/aromatic N) is 2. The fraction of sp³-hybridized carbons (Fsp3) is 0.455. The van der Waals surface area contributed by atoms with E-state index in [1.54, 1.807) is 12.1 Å². The Morgan fingerprint density at radius 1 is 1.25 bits per heavy atom. The molecule has 0 aliphatic carbocycles. The van der Waals surface area contributed by atoms with Gasteiger partial charge in [-0.3, -0.25) is 9.59 Å². The first-order chi connectivity index (χ1) is 13.5.